The summed E-state index contributed by atoms with van der Waals surface area (Å²) in [5.41, 5.74) is 5.20. The van der Waals surface area contributed by atoms with E-state index in [-0.39, 0.29) is 0 Å². The molecular formula is C10H18FN. The Morgan fingerprint density at radius 2 is 2.00 bits per heavy atom. The van der Waals surface area contributed by atoms with Gasteiger partial charge >= 0.3 is 0 Å². The van der Waals surface area contributed by atoms with Gasteiger partial charge in [-0.05, 0) is 19.0 Å². The first-order chi connectivity index (χ1) is 5.77. The Bertz CT molecular complexity index is 148. The molecule has 0 aromatic carbocycles. The van der Waals surface area contributed by atoms with E-state index in [0.29, 0.717) is 6.54 Å². The molecule has 0 fully saturated rings. The summed E-state index contributed by atoms with van der Waals surface area (Å²) in [6, 6.07) is 0. The van der Waals surface area contributed by atoms with E-state index in [1.807, 2.05) is 19.9 Å². The molecule has 0 aromatic rings. The maximum atomic E-state index is 11.9. The zero-order valence-corrected chi connectivity index (χ0v) is 7.89. The first-order valence-corrected chi connectivity index (χ1v) is 4.15. The number of hydrogen-bond donors (Lipinski definition) is 1. The van der Waals surface area contributed by atoms with E-state index in [1.165, 1.54) is 6.08 Å². The Morgan fingerprint density at radius 1 is 1.42 bits per heavy atom. The molecule has 0 unspecified atom stereocenters. The SMILES string of the molecule is C=C(F)/C=C\C=C/CCN.CC. The lowest BCUT2D eigenvalue weighted by Crippen LogP contribution is -1.94. The molecule has 0 aliphatic heterocycles. The molecule has 0 aromatic heterocycles. The largest absolute Gasteiger partial charge is 0.330 e. The van der Waals surface area contributed by atoms with E-state index >= 15 is 0 Å². The summed E-state index contributed by atoms with van der Waals surface area (Å²) in [5.74, 6) is -0.433. The third kappa shape index (κ3) is 16.1. The van der Waals surface area contributed by atoms with Crippen molar-refractivity contribution in [3.05, 3.63) is 36.7 Å². The van der Waals surface area contributed by atoms with Crippen LogP contribution in [-0.2, 0) is 0 Å². The maximum absolute atomic E-state index is 11.9. The van der Waals surface area contributed by atoms with Crippen LogP contribution in [0.3, 0.4) is 0 Å². The molecule has 0 aliphatic carbocycles. The first-order valence-electron chi connectivity index (χ1n) is 4.15. The van der Waals surface area contributed by atoms with Gasteiger partial charge in [0.15, 0.2) is 0 Å². The van der Waals surface area contributed by atoms with E-state index < -0.39 is 5.83 Å². The normalized spacial score (nSPS) is 10.0. The van der Waals surface area contributed by atoms with Gasteiger partial charge in [0.05, 0.1) is 0 Å². The van der Waals surface area contributed by atoms with Crippen LogP contribution in [0, 0.1) is 0 Å². The van der Waals surface area contributed by atoms with Gasteiger partial charge in [-0.1, -0.05) is 38.7 Å². The lowest BCUT2D eigenvalue weighted by atomic mass is 10.3. The van der Waals surface area contributed by atoms with Crippen LogP contribution in [0.25, 0.3) is 0 Å². The van der Waals surface area contributed by atoms with Crippen LogP contribution in [0.1, 0.15) is 20.3 Å². The highest BCUT2D eigenvalue weighted by Gasteiger charge is 1.74. The van der Waals surface area contributed by atoms with Crippen molar-refractivity contribution < 1.29 is 4.39 Å². The second kappa shape index (κ2) is 12.8. The fraction of sp³-hybridized carbons (Fsp3) is 0.400. The van der Waals surface area contributed by atoms with Gasteiger partial charge in [-0.3, -0.25) is 0 Å². The first kappa shape index (κ1) is 13.7. The molecule has 0 heterocycles. The van der Waals surface area contributed by atoms with Crippen LogP contribution in [0.4, 0.5) is 4.39 Å². The summed E-state index contributed by atoms with van der Waals surface area (Å²) >= 11 is 0. The molecule has 0 bridgehead atoms. The average molecular weight is 171 g/mol. The Hall–Kier alpha value is -0.890. The molecule has 2 N–H and O–H groups in total. The van der Waals surface area contributed by atoms with E-state index in [1.54, 1.807) is 12.2 Å². The minimum atomic E-state index is -0.433. The molecular weight excluding hydrogens is 153 g/mol. The smallest absolute Gasteiger partial charge is 0.116 e. The predicted octanol–water partition coefficient (Wildman–Crippen LogP) is 2.96. The number of halogens is 1. The second-order valence-electron chi connectivity index (χ2n) is 1.81. The van der Waals surface area contributed by atoms with Gasteiger partial charge in [0.1, 0.15) is 5.83 Å². The third-order valence-corrected chi connectivity index (χ3v) is 0.858. The number of rotatable bonds is 4. The van der Waals surface area contributed by atoms with Gasteiger partial charge in [-0.15, -0.1) is 0 Å². The molecule has 2 heteroatoms. The molecule has 0 atom stereocenters. The summed E-state index contributed by atoms with van der Waals surface area (Å²) < 4.78 is 11.9. The van der Waals surface area contributed by atoms with Crippen LogP contribution < -0.4 is 5.73 Å². The molecule has 70 valence electrons. The van der Waals surface area contributed by atoms with Crippen molar-refractivity contribution >= 4 is 0 Å². The Kier molecular flexibility index (Phi) is 14.5. The van der Waals surface area contributed by atoms with Gasteiger partial charge < -0.3 is 5.73 Å². The average Bonchev–Trinajstić information content (AvgIpc) is 2.07. The third-order valence-electron chi connectivity index (χ3n) is 0.858. The van der Waals surface area contributed by atoms with Crippen LogP contribution >= 0.6 is 0 Å². The van der Waals surface area contributed by atoms with Crippen molar-refractivity contribution in [2.75, 3.05) is 6.54 Å². The quantitative estimate of drug-likeness (QED) is 0.646. The molecule has 0 saturated heterocycles. The zero-order valence-electron chi connectivity index (χ0n) is 7.89. The van der Waals surface area contributed by atoms with E-state index in [4.69, 9.17) is 5.73 Å². The van der Waals surface area contributed by atoms with Crippen LogP contribution in [-0.4, -0.2) is 6.54 Å². The van der Waals surface area contributed by atoms with E-state index in [2.05, 4.69) is 6.58 Å². The predicted molar refractivity (Wildman–Crippen MR) is 53.5 cm³/mol. The summed E-state index contributed by atoms with van der Waals surface area (Å²) in [4.78, 5) is 0. The molecule has 0 spiro atoms. The number of hydrogen-bond acceptors (Lipinski definition) is 1. The van der Waals surface area contributed by atoms with Gasteiger partial charge in [0.25, 0.3) is 0 Å². The van der Waals surface area contributed by atoms with E-state index in [9.17, 15) is 4.39 Å². The summed E-state index contributed by atoms with van der Waals surface area (Å²) in [6.07, 6.45) is 7.34. The molecule has 0 radical (unpaired) electrons. The highest BCUT2D eigenvalue weighted by Crippen LogP contribution is 1.92. The molecule has 0 amide bonds. The molecule has 1 nitrogen and oxygen atoms in total. The highest BCUT2D eigenvalue weighted by molar-refractivity contribution is 5.13. The van der Waals surface area contributed by atoms with Crippen molar-refractivity contribution in [2.24, 2.45) is 5.73 Å². The van der Waals surface area contributed by atoms with Gasteiger partial charge in [-0.25, -0.2) is 4.39 Å². The van der Waals surface area contributed by atoms with Gasteiger partial charge in [-0.2, -0.15) is 0 Å². The van der Waals surface area contributed by atoms with Crippen LogP contribution in [0.15, 0.2) is 36.7 Å². The Morgan fingerprint density at radius 3 is 2.42 bits per heavy atom. The highest BCUT2D eigenvalue weighted by atomic mass is 19.1. The van der Waals surface area contributed by atoms with Crippen LogP contribution in [0.5, 0.6) is 0 Å². The molecule has 12 heavy (non-hydrogen) atoms. The van der Waals surface area contributed by atoms with E-state index in [0.717, 1.165) is 6.42 Å². The Labute approximate surface area is 74.5 Å². The minimum absolute atomic E-state index is 0.433. The Balaban J connectivity index is 0. The van der Waals surface area contributed by atoms with Crippen molar-refractivity contribution in [3.63, 3.8) is 0 Å². The summed E-state index contributed by atoms with van der Waals surface area (Å²) in [6.45, 7) is 7.69. The monoisotopic (exact) mass is 171 g/mol. The van der Waals surface area contributed by atoms with Gasteiger partial charge in [0, 0.05) is 0 Å². The number of nitrogens with two attached hydrogens (primary N) is 1. The molecule has 0 rings (SSSR count). The molecule has 0 saturated carbocycles. The standard InChI is InChI=1S/C8H12FN.C2H6/c1-8(9)6-4-2-3-5-7-10;1-2/h2-4,6H,1,5,7,10H2;1-2H3/b3-2-,6-4-;. The lowest BCUT2D eigenvalue weighted by Gasteiger charge is -1.80. The fourth-order valence-corrected chi connectivity index (χ4v) is 0.431. The van der Waals surface area contributed by atoms with Crippen molar-refractivity contribution in [2.45, 2.75) is 20.3 Å². The zero-order chi connectivity index (χ0) is 9.82. The van der Waals surface area contributed by atoms with Crippen molar-refractivity contribution in [1.82, 2.24) is 0 Å². The lowest BCUT2D eigenvalue weighted by molar-refractivity contribution is 0.671. The minimum Gasteiger partial charge on any atom is -0.330 e. The number of allylic oxidation sites excluding steroid dienone is 4. The summed E-state index contributed by atoms with van der Waals surface area (Å²) in [7, 11) is 0. The molecule has 0 aliphatic rings. The fourth-order valence-electron chi connectivity index (χ4n) is 0.431. The second-order valence-corrected chi connectivity index (χ2v) is 1.81. The van der Waals surface area contributed by atoms with Crippen LogP contribution in [0.2, 0.25) is 0 Å². The van der Waals surface area contributed by atoms with Gasteiger partial charge in [0.2, 0.25) is 0 Å². The topological polar surface area (TPSA) is 26.0 Å². The van der Waals surface area contributed by atoms with Crippen molar-refractivity contribution in [3.8, 4) is 0 Å². The summed E-state index contributed by atoms with van der Waals surface area (Å²) in [5, 5.41) is 0. The van der Waals surface area contributed by atoms with Crippen molar-refractivity contribution in [1.29, 1.82) is 0 Å². The maximum Gasteiger partial charge on any atom is 0.116 e.